The van der Waals surface area contributed by atoms with E-state index in [2.05, 4.69) is 10.3 Å². The van der Waals surface area contributed by atoms with E-state index in [4.69, 9.17) is 5.11 Å². The summed E-state index contributed by atoms with van der Waals surface area (Å²) in [6.07, 6.45) is 0.679. The number of hydrogen-bond donors (Lipinski definition) is 3. The Balaban J connectivity index is 1.35. The number of β-amino-alcohol motifs (C(OH)–C–C–N with tert-alkyl or cyclic N) is 1. The fourth-order valence-corrected chi connectivity index (χ4v) is 6.48. The summed E-state index contributed by atoms with van der Waals surface area (Å²) < 4.78 is 0. The number of carbonyl (C=O) groups is 4. The van der Waals surface area contributed by atoms with Gasteiger partial charge in [0.2, 0.25) is 11.8 Å². The summed E-state index contributed by atoms with van der Waals surface area (Å²) in [6.45, 7) is 8.05. The van der Waals surface area contributed by atoms with Gasteiger partial charge < -0.3 is 20.4 Å². The second-order valence-corrected chi connectivity index (χ2v) is 13.8. The molecule has 0 bridgehead atoms. The number of aromatic nitrogens is 1. The van der Waals surface area contributed by atoms with Crippen molar-refractivity contribution in [3.05, 3.63) is 76.4 Å². The lowest BCUT2D eigenvalue weighted by Gasteiger charge is -2.34. The molecule has 10 heteroatoms. The predicted octanol–water partition coefficient (Wildman–Crippen LogP) is 4.97. The lowest BCUT2D eigenvalue weighted by Crippen LogP contribution is -2.50. The van der Waals surface area contributed by atoms with Gasteiger partial charge >= 0.3 is 5.97 Å². The maximum atomic E-state index is 13.9. The minimum Gasteiger partial charge on any atom is -0.481 e. The van der Waals surface area contributed by atoms with Crippen molar-refractivity contribution in [1.29, 1.82) is 0 Å². The highest BCUT2D eigenvalue weighted by Crippen LogP contribution is 2.34. The zero-order chi connectivity index (χ0) is 32.7. The zero-order valence-corrected chi connectivity index (χ0v) is 27.2. The molecule has 2 aromatic carbocycles. The van der Waals surface area contributed by atoms with Gasteiger partial charge in [-0.3, -0.25) is 19.2 Å². The van der Waals surface area contributed by atoms with Gasteiger partial charge in [-0.1, -0.05) is 69.3 Å². The van der Waals surface area contributed by atoms with Crippen molar-refractivity contribution in [1.82, 2.24) is 15.2 Å². The van der Waals surface area contributed by atoms with E-state index in [1.54, 1.807) is 11.3 Å². The first-order valence-electron chi connectivity index (χ1n) is 15.4. The van der Waals surface area contributed by atoms with Crippen LogP contribution >= 0.6 is 11.3 Å². The highest BCUT2D eigenvalue weighted by Gasteiger charge is 2.44. The summed E-state index contributed by atoms with van der Waals surface area (Å²) in [6, 6.07) is 14.7. The van der Waals surface area contributed by atoms with Crippen molar-refractivity contribution in [2.24, 2.45) is 11.3 Å². The van der Waals surface area contributed by atoms with Crippen molar-refractivity contribution in [3.8, 4) is 10.4 Å². The molecule has 45 heavy (non-hydrogen) atoms. The van der Waals surface area contributed by atoms with Crippen LogP contribution in [0.15, 0.2) is 54.0 Å². The first kappa shape index (κ1) is 34.0. The summed E-state index contributed by atoms with van der Waals surface area (Å²) in [5.74, 6) is -2.15. The average Bonchev–Trinajstić information content (AvgIpc) is 3.61. The van der Waals surface area contributed by atoms with Crippen molar-refractivity contribution in [2.45, 2.75) is 84.9 Å². The molecule has 1 fully saturated rings. The molecule has 1 aliphatic heterocycles. The number of aryl methyl sites for hydroxylation is 3. The monoisotopic (exact) mass is 633 g/mol. The lowest BCUT2D eigenvalue weighted by molar-refractivity contribution is -0.146. The molecule has 1 aromatic heterocycles. The normalized spacial score (nSPS) is 17.2. The van der Waals surface area contributed by atoms with E-state index in [1.807, 2.05) is 81.7 Å². The number of carbonyl (C=O) groups excluding carboxylic acids is 3. The highest BCUT2D eigenvalue weighted by atomic mass is 32.1. The minimum absolute atomic E-state index is 0.0454. The van der Waals surface area contributed by atoms with E-state index in [-0.39, 0.29) is 56.4 Å². The number of ketones is 1. The van der Waals surface area contributed by atoms with Crippen molar-refractivity contribution >= 4 is 34.9 Å². The number of nitrogens with zero attached hydrogens (tertiary/aromatic N) is 2. The number of carboxylic acids is 1. The molecule has 1 aliphatic rings. The van der Waals surface area contributed by atoms with Crippen LogP contribution in [0.3, 0.4) is 0 Å². The topological polar surface area (TPSA) is 137 Å². The van der Waals surface area contributed by atoms with Gasteiger partial charge in [-0.05, 0) is 47.4 Å². The van der Waals surface area contributed by atoms with E-state index in [0.29, 0.717) is 12.8 Å². The molecule has 3 N–H and O–H groups in total. The smallest absolute Gasteiger partial charge is 0.303 e. The molecular weight excluding hydrogens is 590 g/mol. The molecule has 2 heterocycles. The first-order chi connectivity index (χ1) is 21.3. The van der Waals surface area contributed by atoms with Crippen LogP contribution in [-0.4, -0.2) is 62.4 Å². The summed E-state index contributed by atoms with van der Waals surface area (Å²) >= 11 is 1.58. The Kier molecular flexibility index (Phi) is 11.3. The van der Waals surface area contributed by atoms with Crippen LogP contribution in [0.1, 0.15) is 68.8 Å². The highest BCUT2D eigenvalue weighted by molar-refractivity contribution is 7.13. The van der Waals surface area contributed by atoms with E-state index < -0.39 is 29.4 Å². The third kappa shape index (κ3) is 9.31. The van der Waals surface area contributed by atoms with Crippen LogP contribution in [0.2, 0.25) is 0 Å². The summed E-state index contributed by atoms with van der Waals surface area (Å²) in [5.41, 5.74) is 6.13. The Labute approximate surface area is 268 Å². The second-order valence-electron chi connectivity index (χ2n) is 12.9. The zero-order valence-electron chi connectivity index (χ0n) is 26.4. The maximum Gasteiger partial charge on any atom is 0.303 e. The number of carboxylic acid groups (broad SMARTS) is 1. The summed E-state index contributed by atoms with van der Waals surface area (Å²) in [5, 5.41) is 22.3. The van der Waals surface area contributed by atoms with E-state index in [1.165, 1.54) is 4.90 Å². The molecule has 0 saturated carbocycles. The van der Waals surface area contributed by atoms with Gasteiger partial charge in [0.15, 0.2) is 0 Å². The number of rotatable bonds is 13. The Bertz CT molecular complexity index is 1490. The van der Waals surface area contributed by atoms with Crippen LogP contribution in [-0.2, 0) is 38.6 Å². The van der Waals surface area contributed by atoms with E-state index in [9.17, 15) is 24.3 Å². The van der Waals surface area contributed by atoms with Gasteiger partial charge in [0.05, 0.1) is 22.2 Å². The number of thiazole rings is 1. The van der Waals surface area contributed by atoms with Crippen LogP contribution in [0.5, 0.6) is 0 Å². The number of benzene rings is 2. The average molecular weight is 634 g/mol. The molecule has 2 amide bonds. The Morgan fingerprint density at radius 2 is 1.58 bits per heavy atom. The quantitative estimate of drug-likeness (QED) is 0.242. The number of hydrogen-bond acceptors (Lipinski definition) is 7. The number of likely N-dealkylation sites (tertiary alicyclic amines) is 1. The number of aliphatic hydroxyl groups excluding tert-OH is 1. The number of aliphatic carboxylic acids is 1. The molecule has 1 saturated heterocycles. The molecule has 9 nitrogen and oxygen atoms in total. The van der Waals surface area contributed by atoms with Gasteiger partial charge in [0.1, 0.15) is 11.8 Å². The Hall–Kier alpha value is -3.89. The van der Waals surface area contributed by atoms with Gasteiger partial charge in [-0.25, -0.2) is 4.98 Å². The van der Waals surface area contributed by atoms with Crippen molar-refractivity contribution in [3.63, 3.8) is 0 Å². The van der Waals surface area contributed by atoms with Gasteiger partial charge in [0.25, 0.3) is 0 Å². The fraction of sp³-hybridized carbons (Fsp3) is 0.457. The number of Topliss-reactive ketones (excluding diaryl/α,β-unsaturated/α-hetero) is 1. The van der Waals surface area contributed by atoms with Crippen molar-refractivity contribution in [2.75, 3.05) is 6.54 Å². The molecule has 0 aliphatic carbocycles. The summed E-state index contributed by atoms with van der Waals surface area (Å²) in [4.78, 5) is 58.0. The molecular formula is C35H43N3O6S. The predicted molar refractivity (Wildman–Crippen MR) is 174 cm³/mol. The number of aliphatic hydroxyl groups is 1. The maximum absolute atomic E-state index is 13.9. The van der Waals surface area contributed by atoms with Gasteiger partial charge in [0, 0.05) is 44.7 Å². The summed E-state index contributed by atoms with van der Waals surface area (Å²) in [7, 11) is 0. The standard InChI is InChI=1S/C35H43N3O6S/c1-22-32(45-21-37-22)26-13-9-25(10-14-26)19-36-33(43)30-18-28(40)20-38(30)34(44)29(35(2,3)4)17-27(39)15-11-23-5-7-24(8-6-23)12-16-31(41)42/h5-10,13-14,21,28-30,40H,11-12,15-20H2,1-4H3,(H,36,43)(H,41,42)/t28-,29-,30+/m1/s1. The van der Waals surface area contributed by atoms with Crippen LogP contribution in [0.4, 0.5) is 0 Å². The Morgan fingerprint density at radius 1 is 0.978 bits per heavy atom. The minimum atomic E-state index is -0.841. The molecule has 0 spiro atoms. The van der Waals surface area contributed by atoms with Gasteiger partial charge in [-0.15, -0.1) is 11.3 Å². The second kappa shape index (κ2) is 14.9. The third-order valence-corrected chi connectivity index (χ3v) is 9.39. The van der Waals surface area contributed by atoms with Crippen LogP contribution < -0.4 is 5.32 Å². The van der Waals surface area contributed by atoms with E-state index >= 15 is 0 Å². The van der Waals surface area contributed by atoms with Crippen LogP contribution in [0, 0.1) is 18.3 Å². The molecule has 0 unspecified atom stereocenters. The van der Waals surface area contributed by atoms with Crippen LogP contribution in [0.25, 0.3) is 10.4 Å². The largest absolute Gasteiger partial charge is 0.481 e. The molecule has 3 atom stereocenters. The molecule has 0 radical (unpaired) electrons. The number of nitrogens with one attached hydrogen (secondary N) is 1. The van der Waals surface area contributed by atoms with E-state index in [0.717, 1.165) is 32.8 Å². The third-order valence-electron chi connectivity index (χ3n) is 8.41. The lowest BCUT2D eigenvalue weighted by atomic mass is 9.76. The number of amides is 2. The SMILES string of the molecule is Cc1ncsc1-c1ccc(CNC(=O)[C@@H]2C[C@@H](O)CN2C(=O)[C@@H](CC(=O)CCc2ccc(CCC(=O)O)cc2)C(C)(C)C)cc1. The van der Waals surface area contributed by atoms with Gasteiger partial charge in [-0.2, -0.15) is 0 Å². The first-order valence-corrected chi connectivity index (χ1v) is 16.3. The van der Waals surface area contributed by atoms with Crippen molar-refractivity contribution < 1.29 is 29.4 Å². The molecule has 4 rings (SSSR count). The fourth-order valence-electron chi connectivity index (χ4n) is 5.67. The molecule has 3 aromatic rings. The molecule has 240 valence electrons. The Morgan fingerprint density at radius 3 is 2.13 bits per heavy atom.